The lowest BCUT2D eigenvalue weighted by Crippen LogP contribution is -1.95. The number of hydrogen-bond donors (Lipinski definition) is 3. The second-order valence-electron chi connectivity index (χ2n) is 1.98. The van der Waals surface area contributed by atoms with Gasteiger partial charge in [-0.15, -0.1) is 0 Å². The van der Waals surface area contributed by atoms with E-state index < -0.39 is 7.60 Å². The highest BCUT2D eigenvalue weighted by Gasteiger charge is 1.95. The van der Waals surface area contributed by atoms with Crippen LogP contribution in [-0.4, -0.2) is 23.0 Å². The number of rotatable bonds is 2. The van der Waals surface area contributed by atoms with Crippen molar-refractivity contribution in [1.29, 1.82) is 0 Å². The summed E-state index contributed by atoms with van der Waals surface area (Å²) in [5.74, 6) is 0. The molecule has 0 fully saturated rings. The number of hydrogen-bond acceptors (Lipinski definition) is 2. The highest BCUT2D eigenvalue weighted by Crippen LogP contribution is 2.26. The minimum absolute atomic E-state index is 0.844. The van der Waals surface area contributed by atoms with Crippen molar-refractivity contribution in [3.8, 4) is 0 Å². The zero-order valence-corrected chi connectivity index (χ0v) is 7.34. The van der Waals surface area contributed by atoms with Crippen LogP contribution in [0, 0.1) is 0 Å². The van der Waals surface area contributed by atoms with Gasteiger partial charge in [-0.3, -0.25) is 4.57 Å². The fraction of sp³-hybridized carbons (Fsp3) is 1.00. The summed E-state index contributed by atoms with van der Waals surface area (Å²) in [4.78, 5) is 15.3. The molecule has 0 atom stereocenters. The van der Waals surface area contributed by atoms with E-state index in [0.29, 0.717) is 0 Å². The van der Waals surface area contributed by atoms with Crippen molar-refractivity contribution >= 4 is 7.60 Å². The molecule has 0 radical (unpaired) electrons. The van der Waals surface area contributed by atoms with Crippen molar-refractivity contribution in [3.63, 3.8) is 0 Å². The molecule has 5 heteroatoms. The molecule has 0 aromatic heterocycles. The maximum Gasteiger partial charge on any atom is 0.322 e. The van der Waals surface area contributed by atoms with Gasteiger partial charge in [0.15, 0.2) is 0 Å². The molecule has 4 N–H and O–H groups in total. The van der Waals surface area contributed by atoms with Crippen LogP contribution < -0.4 is 5.73 Å². The topological polar surface area (TPSA) is 83.6 Å². The minimum atomic E-state index is -3.64. The molecule has 0 spiro atoms. The smallest absolute Gasteiger partial charge is 0.322 e. The van der Waals surface area contributed by atoms with E-state index in [2.05, 4.69) is 6.92 Å². The number of unbranched alkanes of at least 4 members (excludes halogenated alkanes) is 1. The zero-order valence-electron chi connectivity index (χ0n) is 6.45. The van der Waals surface area contributed by atoms with Crippen LogP contribution in [0.4, 0.5) is 0 Å². The first-order valence-electron chi connectivity index (χ1n) is 3.15. The second-order valence-corrected chi connectivity index (χ2v) is 3.65. The average molecular weight is 169 g/mol. The third-order valence-corrected chi connectivity index (χ3v) is 0.558. The lowest BCUT2D eigenvalue weighted by atomic mass is 10.3. The van der Waals surface area contributed by atoms with Gasteiger partial charge in [-0.25, -0.2) is 0 Å². The quantitative estimate of drug-likeness (QED) is 0.527. The van der Waals surface area contributed by atoms with Gasteiger partial charge in [0, 0.05) is 6.66 Å². The Kier molecular flexibility index (Phi) is 9.21. The fourth-order valence-corrected chi connectivity index (χ4v) is 0.204. The first-order valence-corrected chi connectivity index (χ1v) is 5.20. The molecule has 0 bridgehead atoms. The van der Waals surface area contributed by atoms with E-state index in [1.54, 1.807) is 0 Å². The summed E-state index contributed by atoms with van der Waals surface area (Å²) in [6.45, 7) is 3.83. The van der Waals surface area contributed by atoms with Gasteiger partial charge < -0.3 is 15.5 Å². The van der Waals surface area contributed by atoms with Crippen LogP contribution in [0.15, 0.2) is 0 Å². The van der Waals surface area contributed by atoms with Crippen molar-refractivity contribution in [2.45, 2.75) is 19.8 Å². The van der Waals surface area contributed by atoms with Crippen LogP contribution in [-0.2, 0) is 4.57 Å². The van der Waals surface area contributed by atoms with Crippen molar-refractivity contribution in [1.82, 2.24) is 0 Å². The molecule has 4 nitrogen and oxygen atoms in total. The van der Waals surface area contributed by atoms with Crippen molar-refractivity contribution in [2.75, 3.05) is 13.2 Å². The van der Waals surface area contributed by atoms with Crippen LogP contribution >= 0.6 is 7.60 Å². The Morgan fingerprint density at radius 1 is 1.50 bits per heavy atom. The minimum Gasteiger partial charge on any atom is -0.330 e. The highest BCUT2D eigenvalue weighted by atomic mass is 31.2. The van der Waals surface area contributed by atoms with Gasteiger partial charge in [0.25, 0.3) is 0 Å². The van der Waals surface area contributed by atoms with Gasteiger partial charge in [-0.1, -0.05) is 13.3 Å². The predicted molar refractivity (Wildman–Crippen MR) is 41.9 cm³/mol. The van der Waals surface area contributed by atoms with E-state index in [-0.39, 0.29) is 0 Å². The van der Waals surface area contributed by atoms with Gasteiger partial charge in [0.2, 0.25) is 0 Å². The van der Waals surface area contributed by atoms with Crippen LogP contribution in [0.1, 0.15) is 19.8 Å². The summed E-state index contributed by atoms with van der Waals surface area (Å²) in [7, 11) is -3.64. The third-order valence-electron chi connectivity index (χ3n) is 0.558. The Balaban J connectivity index is 0. The van der Waals surface area contributed by atoms with E-state index in [4.69, 9.17) is 15.5 Å². The van der Waals surface area contributed by atoms with Gasteiger partial charge in [-0.05, 0) is 13.0 Å². The van der Waals surface area contributed by atoms with Crippen LogP contribution in [0.5, 0.6) is 0 Å². The van der Waals surface area contributed by atoms with Gasteiger partial charge in [0.1, 0.15) is 0 Å². The monoisotopic (exact) mass is 169 g/mol. The molecule has 0 saturated heterocycles. The summed E-state index contributed by atoms with van der Waals surface area (Å²) < 4.78 is 9.33. The fourth-order valence-electron chi connectivity index (χ4n) is 0.204. The average Bonchev–Trinajstić information content (AvgIpc) is 1.63. The molecular weight excluding hydrogens is 153 g/mol. The largest absolute Gasteiger partial charge is 0.330 e. The SMILES string of the molecule is CCCCN.CP(=O)(O)O. The third kappa shape index (κ3) is 92.1. The summed E-state index contributed by atoms with van der Waals surface area (Å²) in [6, 6.07) is 0. The van der Waals surface area contributed by atoms with Crippen LogP contribution in [0.3, 0.4) is 0 Å². The molecule has 0 aromatic rings. The molecular formula is C5H16NO3P. The molecule has 0 aliphatic rings. The summed E-state index contributed by atoms with van der Waals surface area (Å²) >= 11 is 0. The Hall–Kier alpha value is 0.110. The maximum absolute atomic E-state index is 9.33. The lowest BCUT2D eigenvalue weighted by molar-refractivity contribution is 0.381. The van der Waals surface area contributed by atoms with Gasteiger partial charge >= 0.3 is 7.60 Å². The van der Waals surface area contributed by atoms with Crippen molar-refractivity contribution in [2.24, 2.45) is 5.73 Å². The lowest BCUT2D eigenvalue weighted by Gasteiger charge is -1.84. The van der Waals surface area contributed by atoms with Crippen LogP contribution in [0.25, 0.3) is 0 Å². The molecule has 0 aliphatic carbocycles. The normalized spacial score (nSPS) is 10.1. The van der Waals surface area contributed by atoms with Gasteiger partial charge in [0.05, 0.1) is 0 Å². The first kappa shape index (κ1) is 12.8. The molecule has 0 rings (SSSR count). The summed E-state index contributed by atoms with van der Waals surface area (Å²) in [5.41, 5.74) is 5.14. The molecule has 0 aliphatic heterocycles. The highest BCUT2D eigenvalue weighted by molar-refractivity contribution is 7.50. The molecule has 10 heavy (non-hydrogen) atoms. The maximum atomic E-state index is 9.33. The van der Waals surface area contributed by atoms with E-state index in [1.807, 2.05) is 0 Å². The van der Waals surface area contributed by atoms with E-state index in [1.165, 1.54) is 12.8 Å². The molecule has 0 unspecified atom stereocenters. The van der Waals surface area contributed by atoms with Crippen LogP contribution in [0.2, 0.25) is 0 Å². The predicted octanol–water partition coefficient (Wildman–Crippen LogP) is 0.539. The molecule has 0 aromatic carbocycles. The molecule has 0 saturated carbocycles. The Morgan fingerprint density at radius 3 is 1.80 bits per heavy atom. The summed E-state index contributed by atoms with van der Waals surface area (Å²) in [5, 5.41) is 0. The van der Waals surface area contributed by atoms with E-state index in [0.717, 1.165) is 13.2 Å². The Bertz CT molecular complexity index is 90.8. The number of nitrogens with two attached hydrogens (primary N) is 1. The van der Waals surface area contributed by atoms with E-state index in [9.17, 15) is 4.57 Å². The molecule has 64 valence electrons. The zero-order chi connectivity index (χ0) is 8.62. The van der Waals surface area contributed by atoms with Gasteiger partial charge in [-0.2, -0.15) is 0 Å². The Labute approximate surface area is 61.6 Å². The molecule has 0 amide bonds. The van der Waals surface area contributed by atoms with E-state index >= 15 is 0 Å². The standard InChI is InChI=1S/C4H11N.CH5O3P/c1-2-3-4-5;1-5(2,3)4/h2-5H2,1H3;1H3,(H2,2,3,4). The van der Waals surface area contributed by atoms with Crippen molar-refractivity contribution < 1.29 is 14.4 Å². The Morgan fingerprint density at radius 2 is 1.80 bits per heavy atom. The second kappa shape index (κ2) is 7.22. The first-order chi connectivity index (χ1) is 4.41. The molecule has 0 heterocycles. The summed E-state index contributed by atoms with van der Waals surface area (Å²) in [6.07, 6.45) is 2.39. The van der Waals surface area contributed by atoms with Crippen molar-refractivity contribution in [3.05, 3.63) is 0 Å².